The van der Waals surface area contributed by atoms with Crippen LogP contribution in [0, 0.1) is 0 Å². The van der Waals surface area contributed by atoms with Crippen molar-refractivity contribution in [2.24, 2.45) is 10.8 Å². The fourth-order valence-corrected chi connectivity index (χ4v) is 1.84. The fourth-order valence-electron chi connectivity index (χ4n) is 1.05. The maximum Gasteiger partial charge on any atom is 0.206 e. The van der Waals surface area contributed by atoms with Gasteiger partial charge in [-0.15, -0.1) is 11.3 Å². The Kier molecular flexibility index (Phi) is 5.06. The van der Waals surface area contributed by atoms with Gasteiger partial charge >= 0.3 is 0 Å². The van der Waals surface area contributed by atoms with E-state index < -0.39 is 0 Å². The molecule has 0 atom stereocenters. The van der Waals surface area contributed by atoms with E-state index in [1.54, 1.807) is 11.3 Å². The maximum atomic E-state index is 5.29. The van der Waals surface area contributed by atoms with Crippen molar-refractivity contribution in [3.05, 3.63) is 16.1 Å². The number of guanidine groups is 1. The second kappa shape index (κ2) is 6.36. The molecule has 15 heavy (non-hydrogen) atoms. The molecule has 0 saturated carbocycles. The highest BCUT2D eigenvalue weighted by molar-refractivity contribution is 7.11. The lowest BCUT2D eigenvalue weighted by Crippen LogP contribution is -2.41. The molecular weight excluding hydrogens is 210 g/mol. The number of nitrogens with zero attached hydrogens (tertiary/aromatic N) is 2. The van der Waals surface area contributed by atoms with Gasteiger partial charge in [-0.2, -0.15) is 0 Å². The van der Waals surface area contributed by atoms with Crippen molar-refractivity contribution in [1.82, 2.24) is 15.7 Å². The van der Waals surface area contributed by atoms with Gasteiger partial charge in [0.05, 0.1) is 6.54 Å². The van der Waals surface area contributed by atoms with Crippen molar-refractivity contribution in [1.29, 1.82) is 0 Å². The zero-order valence-electron chi connectivity index (χ0n) is 9.08. The molecule has 0 aromatic carbocycles. The SMILES string of the molecule is CCNC(=NCc1ncc(CC)s1)NN. The number of thiazole rings is 1. The van der Waals surface area contributed by atoms with Gasteiger partial charge in [0, 0.05) is 17.6 Å². The maximum absolute atomic E-state index is 5.29. The molecule has 0 aliphatic rings. The standard InChI is InChI=1S/C9H17N5S/c1-3-7-5-12-8(15-7)6-13-9(14-10)11-4-2/h5H,3-4,6,10H2,1-2H3,(H2,11,13,14). The van der Waals surface area contributed by atoms with E-state index in [4.69, 9.17) is 5.84 Å². The zero-order valence-corrected chi connectivity index (χ0v) is 9.90. The third-order valence-electron chi connectivity index (χ3n) is 1.80. The van der Waals surface area contributed by atoms with Crippen LogP contribution < -0.4 is 16.6 Å². The number of aromatic nitrogens is 1. The van der Waals surface area contributed by atoms with Crippen LogP contribution in [0.5, 0.6) is 0 Å². The predicted octanol–water partition coefficient (Wildman–Crippen LogP) is 0.634. The molecule has 5 nitrogen and oxygen atoms in total. The Bertz CT molecular complexity index is 320. The van der Waals surface area contributed by atoms with Crippen LogP contribution in [0.1, 0.15) is 23.7 Å². The van der Waals surface area contributed by atoms with E-state index in [1.807, 2.05) is 13.1 Å². The summed E-state index contributed by atoms with van der Waals surface area (Å²) in [5.74, 6) is 5.90. The monoisotopic (exact) mass is 227 g/mol. The predicted molar refractivity (Wildman–Crippen MR) is 63.6 cm³/mol. The quantitative estimate of drug-likeness (QED) is 0.305. The van der Waals surface area contributed by atoms with E-state index in [-0.39, 0.29) is 0 Å². The number of aryl methyl sites for hydroxylation is 1. The minimum Gasteiger partial charge on any atom is -0.356 e. The van der Waals surface area contributed by atoms with Crippen LogP contribution in [-0.2, 0) is 13.0 Å². The van der Waals surface area contributed by atoms with E-state index >= 15 is 0 Å². The Morgan fingerprint density at radius 2 is 2.40 bits per heavy atom. The van der Waals surface area contributed by atoms with Crippen molar-refractivity contribution < 1.29 is 0 Å². The normalized spacial score (nSPS) is 11.5. The Morgan fingerprint density at radius 3 is 2.93 bits per heavy atom. The highest BCUT2D eigenvalue weighted by Crippen LogP contribution is 2.13. The lowest BCUT2D eigenvalue weighted by Gasteiger charge is -2.05. The highest BCUT2D eigenvalue weighted by atomic mass is 32.1. The number of hydrogen-bond donors (Lipinski definition) is 3. The summed E-state index contributed by atoms with van der Waals surface area (Å²) in [6.07, 6.45) is 2.93. The minimum absolute atomic E-state index is 0.567. The van der Waals surface area contributed by atoms with Gasteiger partial charge in [-0.25, -0.2) is 15.8 Å². The van der Waals surface area contributed by atoms with Crippen LogP contribution in [0.25, 0.3) is 0 Å². The van der Waals surface area contributed by atoms with Crippen molar-refractivity contribution in [3.8, 4) is 0 Å². The second-order valence-corrected chi connectivity index (χ2v) is 4.11. The first kappa shape index (κ1) is 11.9. The molecule has 4 N–H and O–H groups in total. The molecule has 0 amide bonds. The first-order valence-corrected chi connectivity index (χ1v) is 5.80. The summed E-state index contributed by atoms with van der Waals surface area (Å²) in [4.78, 5) is 9.82. The summed E-state index contributed by atoms with van der Waals surface area (Å²) in [7, 11) is 0. The van der Waals surface area contributed by atoms with E-state index in [1.165, 1.54) is 4.88 Å². The van der Waals surface area contributed by atoms with Crippen molar-refractivity contribution in [3.63, 3.8) is 0 Å². The molecule has 0 fully saturated rings. The largest absolute Gasteiger partial charge is 0.356 e. The average Bonchev–Trinajstić information content (AvgIpc) is 2.72. The molecule has 0 spiro atoms. The molecule has 0 aliphatic carbocycles. The third-order valence-corrected chi connectivity index (χ3v) is 2.93. The summed E-state index contributed by atoms with van der Waals surface area (Å²) in [5.41, 5.74) is 2.51. The molecule has 1 aromatic heterocycles. The van der Waals surface area contributed by atoms with Gasteiger partial charge in [-0.05, 0) is 13.3 Å². The Labute approximate surface area is 93.8 Å². The lowest BCUT2D eigenvalue weighted by molar-refractivity contribution is 0.850. The van der Waals surface area contributed by atoms with Gasteiger partial charge in [-0.1, -0.05) is 6.92 Å². The molecule has 0 unspecified atom stereocenters. The summed E-state index contributed by atoms with van der Waals surface area (Å²) in [6.45, 7) is 5.47. The summed E-state index contributed by atoms with van der Waals surface area (Å²) in [5, 5.41) is 4.03. The first-order chi connectivity index (χ1) is 7.30. The van der Waals surface area contributed by atoms with Crippen molar-refractivity contribution in [2.75, 3.05) is 6.54 Å². The van der Waals surface area contributed by atoms with Gasteiger partial charge in [0.2, 0.25) is 5.96 Å². The van der Waals surface area contributed by atoms with Crippen molar-refractivity contribution in [2.45, 2.75) is 26.8 Å². The molecule has 1 heterocycles. The molecule has 0 aliphatic heterocycles. The Morgan fingerprint density at radius 1 is 1.60 bits per heavy atom. The van der Waals surface area contributed by atoms with Gasteiger partial charge in [0.15, 0.2) is 0 Å². The minimum atomic E-state index is 0.567. The molecule has 0 radical (unpaired) electrons. The number of hydrogen-bond acceptors (Lipinski definition) is 4. The topological polar surface area (TPSA) is 75.3 Å². The fraction of sp³-hybridized carbons (Fsp3) is 0.556. The van der Waals surface area contributed by atoms with Crippen LogP contribution in [-0.4, -0.2) is 17.5 Å². The smallest absolute Gasteiger partial charge is 0.206 e. The van der Waals surface area contributed by atoms with Crippen LogP contribution in [0.3, 0.4) is 0 Å². The van der Waals surface area contributed by atoms with Gasteiger partial charge < -0.3 is 5.32 Å². The summed E-state index contributed by atoms with van der Waals surface area (Å²) >= 11 is 1.69. The van der Waals surface area contributed by atoms with E-state index in [0.717, 1.165) is 18.0 Å². The van der Waals surface area contributed by atoms with Crippen LogP contribution in [0.15, 0.2) is 11.2 Å². The lowest BCUT2D eigenvalue weighted by atomic mass is 10.4. The number of hydrazine groups is 1. The molecule has 1 aromatic rings. The first-order valence-electron chi connectivity index (χ1n) is 4.98. The molecular formula is C9H17N5S. The van der Waals surface area contributed by atoms with E-state index in [9.17, 15) is 0 Å². The number of nitrogens with one attached hydrogen (secondary N) is 2. The van der Waals surface area contributed by atoms with Gasteiger partial charge in [0.25, 0.3) is 0 Å². The number of nitrogens with two attached hydrogens (primary N) is 1. The van der Waals surface area contributed by atoms with Gasteiger partial charge in [0.1, 0.15) is 5.01 Å². The molecule has 1 rings (SSSR count). The molecule has 84 valence electrons. The zero-order chi connectivity index (χ0) is 11.1. The number of rotatable bonds is 4. The summed E-state index contributed by atoms with van der Waals surface area (Å²) in [6, 6.07) is 0. The van der Waals surface area contributed by atoms with Gasteiger partial charge in [-0.3, -0.25) is 5.43 Å². The average molecular weight is 227 g/mol. The molecule has 0 bridgehead atoms. The highest BCUT2D eigenvalue weighted by Gasteiger charge is 2.00. The van der Waals surface area contributed by atoms with Crippen LogP contribution in [0.4, 0.5) is 0 Å². The van der Waals surface area contributed by atoms with E-state index in [2.05, 4.69) is 27.6 Å². The van der Waals surface area contributed by atoms with Crippen molar-refractivity contribution >= 4 is 17.3 Å². The van der Waals surface area contributed by atoms with Crippen LogP contribution >= 0.6 is 11.3 Å². The Hall–Kier alpha value is -1.14. The molecule has 6 heteroatoms. The van der Waals surface area contributed by atoms with E-state index in [0.29, 0.717) is 12.5 Å². The summed E-state index contributed by atoms with van der Waals surface area (Å²) < 4.78 is 0. The number of aliphatic imine (C=N–C) groups is 1. The Balaban J connectivity index is 2.53. The third kappa shape index (κ3) is 3.85. The van der Waals surface area contributed by atoms with Crippen LogP contribution in [0.2, 0.25) is 0 Å². The molecule has 0 saturated heterocycles. The second-order valence-electron chi connectivity index (χ2n) is 2.91.